The standard InChI is InChI=1S/C18H22N2O6S/c1-4-5-12-26-15-6-8-16(9-7-15)27(24,25)20-11-10-19(14(3)21)13(2)17(20)18(22)23/h6-9,13,17H,10-12H2,1-3H3,(H,22,23). The van der Waals surface area contributed by atoms with Crippen LogP contribution in [0.1, 0.15) is 20.8 Å². The van der Waals surface area contributed by atoms with Crippen molar-refractivity contribution in [2.24, 2.45) is 0 Å². The van der Waals surface area contributed by atoms with E-state index in [-0.39, 0.29) is 30.5 Å². The van der Waals surface area contributed by atoms with E-state index in [1.807, 2.05) is 0 Å². The summed E-state index contributed by atoms with van der Waals surface area (Å²) in [5.41, 5.74) is 0. The second kappa shape index (κ2) is 8.41. The highest BCUT2D eigenvalue weighted by molar-refractivity contribution is 7.89. The van der Waals surface area contributed by atoms with E-state index in [0.29, 0.717) is 5.75 Å². The lowest BCUT2D eigenvalue weighted by Crippen LogP contribution is -2.63. The molecule has 0 radical (unpaired) electrons. The highest BCUT2D eigenvalue weighted by Gasteiger charge is 2.45. The predicted octanol–water partition coefficient (Wildman–Crippen LogP) is 0.783. The Balaban J connectivity index is 2.29. The predicted molar refractivity (Wildman–Crippen MR) is 97.6 cm³/mol. The van der Waals surface area contributed by atoms with Gasteiger partial charge in [-0.05, 0) is 38.1 Å². The number of carbonyl (C=O) groups is 2. The van der Waals surface area contributed by atoms with Gasteiger partial charge in [0.05, 0.1) is 10.9 Å². The third-order valence-electron chi connectivity index (χ3n) is 4.40. The van der Waals surface area contributed by atoms with Crippen molar-refractivity contribution < 1.29 is 27.9 Å². The van der Waals surface area contributed by atoms with Gasteiger partial charge in [-0.25, -0.2) is 8.42 Å². The van der Waals surface area contributed by atoms with E-state index in [0.717, 1.165) is 4.31 Å². The van der Waals surface area contributed by atoms with Gasteiger partial charge in [-0.2, -0.15) is 4.31 Å². The SMILES string of the molecule is CC#CCOc1ccc(S(=O)(=O)N2CCN(C(C)=O)C(C)C2C(=O)O)cc1. The molecule has 1 amide bonds. The molecule has 1 heterocycles. The van der Waals surface area contributed by atoms with Crippen molar-refractivity contribution in [2.75, 3.05) is 19.7 Å². The summed E-state index contributed by atoms with van der Waals surface area (Å²) in [6.45, 7) is 4.79. The first-order valence-electron chi connectivity index (χ1n) is 8.34. The van der Waals surface area contributed by atoms with Gasteiger partial charge in [-0.1, -0.05) is 5.92 Å². The Labute approximate surface area is 158 Å². The molecule has 1 aromatic rings. The molecule has 1 fully saturated rings. The number of ether oxygens (including phenoxy) is 1. The third-order valence-corrected chi connectivity index (χ3v) is 6.29. The molecule has 0 bridgehead atoms. The zero-order valence-corrected chi connectivity index (χ0v) is 16.2. The van der Waals surface area contributed by atoms with E-state index < -0.39 is 28.1 Å². The number of hydrogen-bond acceptors (Lipinski definition) is 5. The quantitative estimate of drug-likeness (QED) is 0.741. The number of aliphatic carboxylic acids is 1. The van der Waals surface area contributed by atoms with E-state index in [1.54, 1.807) is 6.92 Å². The van der Waals surface area contributed by atoms with Crippen LogP contribution in [0.5, 0.6) is 5.75 Å². The zero-order valence-electron chi connectivity index (χ0n) is 15.4. The van der Waals surface area contributed by atoms with Crippen LogP contribution >= 0.6 is 0 Å². The molecule has 27 heavy (non-hydrogen) atoms. The fraction of sp³-hybridized carbons (Fsp3) is 0.444. The van der Waals surface area contributed by atoms with Crippen molar-refractivity contribution in [1.29, 1.82) is 0 Å². The molecule has 8 nitrogen and oxygen atoms in total. The number of sulfonamides is 1. The smallest absolute Gasteiger partial charge is 0.324 e. The molecule has 0 aliphatic carbocycles. The summed E-state index contributed by atoms with van der Waals surface area (Å²) in [7, 11) is -4.05. The highest BCUT2D eigenvalue weighted by Crippen LogP contribution is 2.26. The molecule has 0 saturated carbocycles. The number of hydrogen-bond donors (Lipinski definition) is 1. The van der Waals surface area contributed by atoms with E-state index in [2.05, 4.69) is 11.8 Å². The van der Waals surface area contributed by atoms with Crippen LogP contribution in [-0.2, 0) is 19.6 Å². The maximum absolute atomic E-state index is 13.0. The number of rotatable bonds is 5. The molecule has 2 unspecified atom stereocenters. The summed E-state index contributed by atoms with van der Waals surface area (Å²) in [5.74, 6) is 4.29. The van der Waals surface area contributed by atoms with Crippen LogP contribution in [0.2, 0.25) is 0 Å². The van der Waals surface area contributed by atoms with Crippen LogP contribution in [0.15, 0.2) is 29.2 Å². The Hall–Kier alpha value is -2.57. The van der Waals surface area contributed by atoms with Crippen molar-refractivity contribution >= 4 is 21.9 Å². The van der Waals surface area contributed by atoms with Gasteiger partial charge in [0, 0.05) is 20.0 Å². The monoisotopic (exact) mass is 394 g/mol. The summed E-state index contributed by atoms with van der Waals surface area (Å²) in [5, 5.41) is 9.58. The summed E-state index contributed by atoms with van der Waals surface area (Å²) >= 11 is 0. The number of benzene rings is 1. The first kappa shape index (κ1) is 20.7. The average Bonchev–Trinajstić information content (AvgIpc) is 2.61. The second-order valence-electron chi connectivity index (χ2n) is 6.04. The molecule has 1 aliphatic heterocycles. The fourth-order valence-electron chi connectivity index (χ4n) is 3.04. The topological polar surface area (TPSA) is 104 Å². The van der Waals surface area contributed by atoms with Crippen LogP contribution in [0.25, 0.3) is 0 Å². The van der Waals surface area contributed by atoms with Crippen LogP contribution < -0.4 is 4.74 Å². The molecule has 2 atom stereocenters. The minimum atomic E-state index is -4.05. The number of nitrogens with zero attached hydrogens (tertiary/aromatic N) is 2. The van der Waals surface area contributed by atoms with Crippen molar-refractivity contribution in [3.8, 4) is 17.6 Å². The van der Waals surface area contributed by atoms with Gasteiger partial charge < -0.3 is 14.7 Å². The maximum Gasteiger partial charge on any atom is 0.324 e. The number of piperazine rings is 1. The normalized spacial score (nSPS) is 20.5. The van der Waals surface area contributed by atoms with Gasteiger partial charge in [0.15, 0.2) is 0 Å². The molecule has 1 N–H and O–H groups in total. The third kappa shape index (κ3) is 4.40. The minimum Gasteiger partial charge on any atom is -0.481 e. The van der Waals surface area contributed by atoms with Crippen molar-refractivity contribution in [3.63, 3.8) is 0 Å². The van der Waals surface area contributed by atoms with Gasteiger partial charge in [0.25, 0.3) is 0 Å². The van der Waals surface area contributed by atoms with Gasteiger partial charge >= 0.3 is 5.97 Å². The largest absolute Gasteiger partial charge is 0.481 e. The lowest BCUT2D eigenvalue weighted by molar-refractivity contribution is -0.148. The van der Waals surface area contributed by atoms with Crippen LogP contribution in [0.4, 0.5) is 0 Å². The molecule has 2 rings (SSSR count). The van der Waals surface area contributed by atoms with Gasteiger partial charge in [0.2, 0.25) is 15.9 Å². The van der Waals surface area contributed by atoms with Gasteiger partial charge in [0.1, 0.15) is 18.4 Å². The molecular formula is C18H22N2O6S. The number of amides is 1. The van der Waals surface area contributed by atoms with Crippen molar-refractivity contribution in [2.45, 2.75) is 37.8 Å². The molecule has 0 aromatic heterocycles. The van der Waals surface area contributed by atoms with Gasteiger partial charge in [-0.15, -0.1) is 5.92 Å². The molecule has 1 aromatic carbocycles. The van der Waals surface area contributed by atoms with E-state index in [4.69, 9.17) is 4.74 Å². The Morgan fingerprint density at radius 3 is 2.41 bits per heavy atom. The van der Waals surface area contributed by atoms with E-state index >= 15 is 0 Å². The molecule has 1 saturated heterocycles. The number of carboxylic acid groups (broad SMARTS) is 1. The lowest BCUT2D eigenvalue weighted by Gasteiger charge is -2.43. The molecule has 1 aliphatic rings. The van der Waals surface area contributed by atoms with Gasteiger partial charge in [-0.3, -0.25) is 9.59 Å². The Morgan fingerprint density at radius 2 is 1.89 bits per heavy atom. The summed E-state index contributed by atoms with van der Waals surface area (Å²) < 4.78 is 32.3. The van der Waals surface area contributed by atoms with Crippen LogP contribution in [-0.4, -0.2) is 66.4 Å². The van der Waals surface area contributed by atoms with E-state index in [9.17, 15) is 23.1 Å². The fourth-order valence-corrected chi connectivity index (χ4v) is 4.68. The van der Waals surface area contributed by atoms with Crippen molar-refractivity contribution in [1.82, 2.24) is 9.21 Å². The summed E-state index contributed by atoms with van der Waals surface area (Å²) in [6.07, 6.45) is 0. The second-order valence-corrected chi connectivity index (χ2v) is 7.93. The first-order valence-corrected chi connectivity index (χ1v) is 9.78. The summed E-state index contributed by atoms with van der Waals surface area (Å²) in [4.78, 5) is 24.8. The van der Waals surface area contributed by atoms with Crippen molar-refractivity contribution in [3.05, 3.63) is 24.3 Å². The first-order chi connectivity index (χ1) is 12.7. The average molecular weight is 394 g/mol. The maximum atomic E-state index is 13.0. The Kier molecular flexibility index (Phi) is 6.46. The van der Waals surface area contributed by atoms with Crippen LogP contribution in [0, 0.1) is 11.8 Å². The number of carboxylic acids is 1. The molecular weight excluding hydrogens is 372 g/mol. The lowest BCUT2D eigenvalue weighted by atomic mass is 10.1. The molecule has 0 spiro atoms. The zero-order chi connectivity index (χ0) is 20.2. The minimum absolute atomic E-state index is 0.0360. The van der Waals surface area contributed by atoms with Crippen LogP contribution in [0.3, 0.4) is 0 Å². The Bertz CT molecular complexity index is 869. The number of carbonyl (C=O) groups excluding carboxylic acids is 1. The highest BCUT2D eigenvalue weighted by atomic mass is 32.2. The van der Waals surface area contributed by atoms with E-state index in [1.165, 1.54) is 43.0 Å². The molecule has 146 valence electrons. The summed E-state index contributed by atoms with van der Waals surface area (Å²) in [6, 6.07) is 3.59. The molecule has 9 heteroatoms. The Morgan fingerprint density at radius 1 is 1.26 bits per heavy atom.